The Balaban J connectivity index is 2.04. The second-order valence-electron chi connectivity index (χ2n) is 3.93. The van der Waals surface area contributed by atoms with Crippen LogP contribution in [0.2, 0.25) is 0 Å². The largest absolute Gasteiger partial charge is 0.509 e. The van der Waals surface area contributed by atoms with Crippen molar-refractivity contribution in [2.45, 2.75) is 64.6 Å². The van der Waals surface area contributed by atoms with E-state index in [0.29, 0.717) is 0 Å². The van der Waals surface area contributed by atoms with Crippen LogP contribution in [0, 0.1) is 0 Å². The van der Waals surface area contributed by atoms with Crippen molar-refractivity contribution in [3.05, 3.63) is 0 Å². The monoisotopic (exact) mass is 200 g/mol. The number of rotatable bonds is 6. The summed E-state index contributed by atoms with van der Waals surface area (Å²) in [6, 6.07) is 0. The van der Waals surface area contributed by atoms with E-state index in [1.807, 2.05) is 6.92 Å². The summed E-state index contributed by atoms with van der Waals surface area (Å²) < 4.78 is 9.91. The topological polar surface area (TPSA) is 35.5 Å². The molecule has 1 rings (SSSR count). The second-order valence-corrected chi connectivity index (χ2v) is 3.93. The molecule has 0 amide bonds. The van der Waals surface area contributed by atoms with Gasteiger partial charge < -0.3 is 9.47 Å². The molecule has 0 N–H and O–H groups in total. The van der Waals surface area contributed by atoms with Gasteiger partial charge in [0.05, 0.1) is 0 Å². The van der Waals surface area contributed by atoms with Gasteiger partial charge in [0.15, 0.2) is 0 Å². The highest BCUT2D eigenvalue weighted by Crippen LogP contribution is 2.20. The molecular formula is C11H20O3. The van der Waals surface area contributed by atoms with Gasteiger partial charge >= 0.3 is 6.16 Å². The first-order valence-corrected chi connectivity index (χ1v) is 5.61. The summed E-state index contributed by atoms with van der Waals surface area (Å²) >= 11 is 0. The third kappa shape index (κ3) is 3.56. The number of unbranched alkanes of at least 4 members (excludes halogenated alkanes) is 4. The predicted octanol–water partition coefficient (Wildman–Crippen LogP) is 3.27. The van der Waals surface area contributed by atoms with Gasteiger partial charge in [0.2, 0.25) is 0 Å². The number of hydrogen-bond acceptors (Lipinski definition) is 3. The van der Waals surface area contributed by atoms with Crippen molar-refractivity contribution in [2.75, 3.05) is 0 Å². The molecule has 3 heteroatoms. The third-order valence-corrected chi connectivity index (χ3v) is 2.65. The zero-order chi connectivity index (χ0) is 10.4. The molecule has 0 aromatic heterocycles. The van der Waals surface area contributed by atoms with E-state index >= 15 is 0 Å². The standard InChI is InChI=1S/C11H20O3/c1-3-4-5-6-7-8-10-9(2)13-11(12)14-10/h9-10H,3-8H2,1-2H3/t9-,10+/m0/s1. The van der Waals surface area contributed by atoms with Crippen LogP contribution in [-0.4, -0.2) is 18.4 Å². The van der Waals surface area contributed by atoms with E-state index in [1.165, 1.54) is 25.7 Å². The number of cyclic esters (lactones) is 2. The lowest BCUT2D eigenvalue weighted by molar-refractivity contribution is 0.115. The van der Waals surface area contributed by atoms with E-state index in [0.717, 1.165) is 12.8 Å². The smallest absolute Gasteiger partial charge is 0.427 e. The van der Waals surface area contributed by atoms with Crippen molar-refractivity contribution in [3.8, 4) is 0 Å². The Morgan fingerprint density at radius 2 is 1.86 bits per heavy atom. The van der Waals surface area contributed by atoms with Gasteiger partial charge in [0, 0.05) is 0 Å². The summed E-state index contributed by atoms with van der Waals surface area (Å²) in [6.45, 7) is 4.09. The van der Waals surface area contributed by atoms with Gasteiger partial charge in [0.25, 0.3) is 0 Å². The molecule has 0 aliphatic carbocycles. The average molecular weight is 200 g/mol. The molecule has 0 spiro atoms. The van der Waals surface area contributed by atoms with E-state index in [4.69, 9.17) is 9.47 Å². The molecule has 1 aliphatic heterocycles. The molecule has 0 bridgehead atoms. The van der Waals surface area contributed by atoms with E-state index in [9.17, 15) is 4.79 Å². The summed E-state index contributed by atoms with van der Waals surface area (Å²) in [6.07, 6.45) is 6.58. The Morgan fingerprint density at radius 1 is 1.14 bits per heavy atom. The lowest BCUT2D eigenvalue weighted by atomic mass is 10.1. The Bertz CT molecular complexity index is 179. The van der Waals surface area contributed by atoms with Crippen molar-refractivity contribution in [2.24, 2.45) is 0 Å². The van der Waals surface area contributed by atoms with Gasteiger partial charge in [0.1, 0.15) is 12.2 Å². The van der Waals surface area contributed by atoms with Gasteiger partial charge in [-0.05, 0) is 19.8 Å². The number of carbonyl (C=O) groups excluding carboxylic acids is 1. The molecule has 1 aliphatic rings. The molecule has 0 aromatic rings. The Morgan fingerprint density at radius 3 is 2.43 bits per heavy atom. The summed E-state index contributed by atoms with van der Waals surface area (Å²) in [4.78, 5) is 10.8. The van der Waals surface area contributed by atoms with Crippen molar-refractivity contribution < 1.29 is 14.3 Å². The maximum absolute atomic E-state index is 10.8. The predicted molar refractivity (Wildman–Crippen MR) is 54.2 cm³/mol. The quantitative estimate of drug-likeness (QED) is 0.487. The number of hydrogen-bond donors (Lipinski definition) is 0. The minimum Gasteiger partial charge on any atom is -0.427 e. The zero-order valence-corrected chi connectivity index (χ0v) is 9.12. The molecule has 14 heavy (non-hydrogen) atoms. The van der Waals surface area contributed by atoms with E-state index < -0.39 is 6.16 Å². The van der Waals surface area contributed by atoms with E-state index in [2.05, 4.69) is 6.92 Å². The average Bonchev–Trinajstić information content (AvgIpc) is 2.45. The summed E-state index contributed by atoms with van der Waals surface area (Å²) in [5.74, 6) is 0. The van der Waals surface area contributed by atoms with Crippen LogP contribution in [-0.2, 0) is 9.47 Å². The Hall–Kier alpha value is -0.730. The molecular weight excluding hydrogens is 180 g/mol. The summed E-state index contributed by atoms with van der Waals surface area (Å²) in [7, 11) is 0. The molecule has 2 atom stereocenters. The highest BCUT2D eigenvalue weighted by atomic mass is 16.8. The van der Waals surface area contributed by atoms with Crippen LogP contribution in [0.1, 0.15) is 52.4 Å². The molecule has 1 fully saturated rings. The van der Waals surface area contributed by atoms with Gasteiger partial charge in [-0.3, -0.25) is 0 Å². The molecule has 1 saturated heterocycles. The van der Waals surface area contributed by atoms with E-state index in [-0.39, 0.29) is 12.2 Å². The fraction of sp³-hybridized carbons (Fsp3) is 0.909. The highest BCUT2D eigenvalue weighted by Gasteiger charge is 2.32. The highest BCUT2D eigenvalue weighted by molar-refractivity contribution is 5.62. The fourth-order valence-electron chi connectivity index (χ4n) is 1.72. The van der Waals surface area contributed by atoms with Crippen molar-refractivity contribution in [1.82, 2.24) is 0 Å². The van der Waals surface area contributed by atoms with Crippen molar-refractivity contribution >= 4 is 6.16 Å². The Kier molecular flexibility index (Phi) is 4.77. The molecule has 3 nitrogen and oxygen atoms in total. The van der Waals surface area contributed by atoms with Crippen LogP contribution >= 0.6 is 0 Å². The molecule has 1 heterocycles. The molecule has 0 aromatic carbocycles. The number of carbonyl (C=O) groups is 1. The van der Waals surface area contributed by atoms with Crippen LogP contribution in [0.3, 0.4) is 0 Å². The van der Waals surface area contributed by atoms with Crippen LogP contribution in [0.5, 0.6) is 0 Å². The van der Waals surface area contributed by atoms with Crippen molar-refractivity contribution in [1.29, 1.82) is 0 Å². The molecule has 0 unspecified atom stereocenters. The van der Waals surface area contributed by atoms with Gasteiger partial charge in [-0.2, -0.15) is 0 Å². The van der Waals surface area contributed by atoms with Crippen molar-refractivity contribution in [3.63, 3.8) is 0 Å². The first-order chi connectivity index (χ1) is 6.74. The first-order valence-electron chi connectivity index (χ1n) is 5.61. The van der Waals surface area contributed by atoms with Crippen LogP contribution in [0.15, 0.2) is 0 Å². The van der Waals surface area contributed by atoms with Gasteiger partial charge in [-0.1, -0.05) is 32.6 Å². The first kappa shape index (κ1) is 11.3. The van der Waals surface area contributed by atoms with Crippen LogP contribution < -0.4 is 0 Å². The van der Waals surface area contributed by atoms with Gasteiger partial charge in [-0.25, -0.2) is 4.79 Å². The maximum Gasteiger partial charge on any atom is 0.509 e. The fourth-order valence-corrected chi connectivity index (χ4v) is 1.72. The second kappa shape index (κ2) is 5.89. The normalized spacial score (nSPS) is 26.0. The lowest BCUT2D eigenvalue weighted by Gasteiger charge is -2.10. The minimum atomic E-state index is -0.504. The Labute approximate surface area is 85.8 Å². The summed E-state index contributed by atoms with van der Waals surface area (Å²) in [5.41, 5.74) is 0. The molecule has 82 valence electrons. The van der Waals surface area contributed by atoms with E-state index in [1.54, 1.807) is 0 Å². The zero-order valence-electron chi connectivity index (χ0n) is 9.12. The van der Waals surface area contributed by atoms with Crippen LogP contribution in [0.4, 0.5) is 4.79 Å². The lowest BCUT2D eigenvalue weighted by Crippen LogP contribution is -2.18. The third-order valence-electron chi connectivity index (χ3n) is 2.65. The number of ether oxygens (including phenoxy) is 2. The minimum absolute atomic E-state index is 0.0101. The maximum atomic E-state index is 10.8. The summed E-state index contributed by atoms with van der Waals surface area (Å²) in [5, 5.41) is 0. The molecule has 0 saturated carbocycles. The van der Waals surface area contributed by atoms with Gasteiger partial charge in [-0.15, -0.1) is 0 Å². The van der Waals surface area contributed by atoms with Crippen LogP contribution in [0.25, 0.3) is 0 Å². The molecule has 0 radical (unpaired) electrons. The SMILES string of the molecule is CCCCCCC[C@H]1OC(=O)O[C@H]1C.